The number of carbonyl (C=O) groups is 2. The molecule has 152 valence electrons. The van der Waals surface area contributed by atoms with Crippen LogP contribution in [0.25, 0.3) is 0 Å². The lowest BCUT2D eigenvalue weighted by atomic mass is 9.92. The van der Waals surface area contributed by atoms with Gasteiger partial charge in [0.2, 0.25) is 17.8 Å². The molecule has 0 radical (unpaired) electrons. The fourth-order valence-electron chi connectivity index (χ4n) is 3.72. The standard InChI is InChI=1S/C20H22ClN5O3/c1-11-6-8-26(9-7-11)20-24-17-16(19(29)25-20)14(10-15(27)23-17)18(28)22-13-4-2-12(21)3-5-13/h2-5,11,14H,6-10H2,1H3,(H,22,28)(H2,23,24,25,27,29)/t14-/m1/s1. The second-order valence-electron chi connectivity index (χ2n) is 7.62. The van der Waals surface area contributed by atoms with Crippen molar-refractivity contribution in [1.29, 1.82) is 0 Å². The van der Waals surface area contributed by atoms with Gasteiger partial charge in [-0.05, 0) is 43.0 Å². The zero-order valence-electron chi connectivity index (χ0n) is 16.0. The normalized spacial score (nSPS) is 19.4. The van der Waals surface area contributed by atoms with Gasteiger partial charge in [-0.25, -0.2) is 0 Å². The average Bonchev–Trinajstić information content (AvgIpc) is 2.69. The maximum atomic E-state index is 12.8. The SMILES string of the molecule is CC1CCN(c2nc3c(c(=O)[nH]2)[C@H](C(=O)Nc2ccc(Cl)cc2)CC(=O)N3)CC1. The Hall–Kier alpha value is -2.87. The molecule has 0 saturated carbocycles. The third kappa shape index (κ3) is 4.12. The van der Waals surface area contributed by atoms with E-state index in [1.807, 2.05) is 4.90 Å². The molecule has 3 N–H and O–H groups in total. The molecular formula is C20H22ClN5O3. The molecule has 9 heteroatoms. The maximum Gasteiger partial charge on any atom is 0.258 e. The van der Waals surface area contributed by atoms with Crippen molar-refractivity contribution in [3.63, 3.8) is 0 Å². The summed E-state index contributed by atoms with van der Waals surface area (Å²) in [7, 11) is 0. The number of aromatic amines is 1. The Morgan fingerprint density at radius 2 is 1.90 bits per heavy atom. The monoisotopic (exact) mass is 415 g/mol. The summed E-state index contributed by atoms with van der Waals surface area (Å²) in [4.78, 5) is 47.1. The Morgan fingerprint density at radius 1 is 1.21 bits per heavy atom. The molecule has 1 fully saturated rings. The largest absolute Gasteiger partial charge is 0.342 e. The molecule has 3 heterocycles. The average molecular weight is 416 g/mol. The van der Waals surface area contributed by atoms with E-state index in [1.165, 1.54) is 0 Å². The molecule has 2 aromatic rings. The number of halogens is 1. The van der Waals surface area contributed by atoms with Crippen molar-refractivity contribution >= 4 is 40.9 Å². The molecule has 0 unspecified atom stereocenters. The first-order valence-corrected chi connectivity index (χ1v) is 10.0. The molecule has 0 aliphatic carbocycles. The lowest BCUT2D eigenvalue weighted by Gasteiger charge is -2.31. The smallest absolute Gasteiger partial charge is 0.258 e. The summed E-state index contributed by atoms with van der Waals surface area (Å²) >= 11 is 5.87. The van der Waals surface area contributed by atoms with Crippen LogP contribution in [0, 0.1) is 5.92 Å². The van der Waals surface area contributed by atoms with E-state index in [9.17, 15) is 14.4 Å². The van der Waals surface area contributed by atoms with Crippen LogP contribution in [-0.4, -0.2) is 34.9 Å². The topological polar surface area (TPSA) is 107 Å². The lowest BCUT2D eigenvalue weighted by Crippen LogP contribution is -2.39. The van der Waals surface area contributed by atoms with Gasteiger partial charge in [0.25, 0.3) is 5.56 Å². The van der Waals surface area contributed by atoms with Crippen molar-refractivity contribution in [3.05, 3.63) is 45.2 Å². The van der Waals surface area contributed by atoms with E-state index in [0.29, 0.717) is 22.6 Å². The molecule has 0 bridgehead atoms. The number of hydrogen-bond acceptors (Lipinski definition) is 5. The van der Waals surface area contributed by atoms with E-state index in [-0.39, 0.29) is 23.7 Å². The highest BCUT2D eigenvalue weighted by atomic mass is 35.5. The van der Waals surface area contributed by atoms with E-state index < -0.39 is 17.4 Å². The molecule has 1 saturated heterocycles. The Morgan fingerprint density at radius 3 is 2.59 bits per heavy atom. The van der Waals surface area contributed by atoms with E-state index in [4.69, 9.17) is 11.6 Å². The van der Waals surface area contributed by atoms with Crippen molar-refractivity contribution in [2.75, 3.05) is 28.6 Å². The van der Waals surface area contributed by atoms with E-state index in [2.05, 4.69) is 27.5 Å². The summed E-state index contributed by atoms with van der Waals surface area (Å²) in [5.41, 5.74) is 0.320. The van der Waals surface area contributed by atoms with Gasteiger partial charge in [-0.1, -0.05) is 18.5 Å². The third-order valence-corrected chi connectivity index (χ3v) is 5.70. The molecule has 4 rings (SSSR count). The lowest BCUT2D eigenvalue weighted by molar-refractivity contribution is -0.123. The van der Waals surface area contributed by atoms with Gasteiger partial charge in [-0.2, -0.15) is 4.98 Å². The van der Waals surface area contributed by atoms with Gasteiger partial charge < -0.3 is 15.5 Å². The minimum absolute atomic E-state index is 0.113. The van der Waals surface area contributed by atoms with Gasteiger partial charge in [-0.3, -0.25) is 19.4 Å². The van der Waals surface area contributed by atoms with Crippen molar-refractivity contribution in [2.45, 2.75) is 32.1 Å². The molecule has 2 amide bonds. The Balaban J connectivity index is 1.62. The number of nitrogens with zero attached hydrogens (tertiary/aromatic N) is 2. The number of carbonyl (C=O) groups excluding carboxylic acids is 2. The second kappa shape index (κ2) is 7.87. The number of nitrogens with one attached hydrogen (secondary N) is 3. The second-order valence-corrected chi connectivity index (χ2v) is 8.06. The van der Waals surface area contributed by atoms with Gasteiger partial charge in [0.1, 0.15) is 5.82 Å². The van der Waals surface area contributed by atoms with Crippen LogP contribution in [-0.2, 0) is 9.59 Å². The highest BCUT2D eigenvalue weighted by Crippen LogP contribution is 2.31. The number of piperidine rings is 1. The van der Waals surface area contributed by atoms with Crippen LogP contribution in [0.5, 0.6) is 0 Å². The zero-order valence-corrected chi connectivity index (χ0v) is 16.8. The Kier molecular flexibility index (Phi) is 5.27. The summed E-state index contributed by atoms with van der Waals surface area (Å²) in [6, 6.07) is 6.62. The molecule has 1 aromatic heterocycles. The summed E-state index contributed by atoms with van der Waals surface area (Å²) in [5.74, 6) is -0.465. The predicted molar refractivity (Wildman–Crippen MR) is 112 cm³/mol. The minimum atomic E-state index is -0.916. The molecule has 29 heavy (non-hydrogen) atoms. The van der Waals surface area contributed by atoms with Crippen LogP contribution in [0.15, 0.2) is 29.1 Å². The number of rotatable bonds is 3. The number of anilines is 3. The van der Waals surface area contributed by atoms with Gasteiger partial charge in [-0.15, -0.1) is 0 Å². The van der Waals surface area contributed by atoms with Gasteiger partial charge >= 0.3 is 0 Å². The fraction of sp³-hybridized carbons (Fsp3) is 0.400. The van der Waals surface area contributed by atoms with E-state index in [0.717, 1.165) is 25.9 Å². The molecule has 1 atom stereocenters. The van der Waals surface area contributed by atoms with Crippen molar-refractivity contribution < 1.29 is 9.59 Å². The number of aromatic nitrogens is 2. The summed E-state index contributed by atoms with van der Waals surface area (Å²) in [5, 5.41) is 5.94. The van der Waals surface area contributed by atoms with Crippen LogP contribution < -0.4 is 21.1 Å². The molecule has 8 nitrogen and oxygen atoms in total. The first-order valence-electron chi connectivity index (χ1n) is 9.66. The first kappa shape index (κ1) is 19.4. The summed E-state index contributed by atoms with van der Waals surface area (Å²) in [6.07, 6.45) is 1.91. The molecular weight excluding hydrogens is 394 g/mol. The molecule has 1 aromatic carbocycles. The van der Waals surface area contributed by atoms with E-state index >= 15 is 0 Å². The van der Waals surface area contributed by atoms with Crippen LogP contribution in [0.4, 0.5) is 17.5 Å². The van der Waals surface area contributed by atoms with Gasteiger partial charge in [0.15, 0.2) is 0 Å². The predicted octanol–water partition coefficient (Wildman–Crippen LogP) is 2.72. The number of amides is 2. The van der Waals surface area contributed by atoms with Gasteiger partial charge in [0, 0.05) is 30.2 Å². The Bertz CT molecular complexity index is 996. The maximum absolute atomic E-state index is 12.8. The number of benzene rings is 1. The number of H-pyrrole nitrogens is 1. The van der Waals surface area contributed by atoms with Crippen molar-refractivity contribution in [2.24, 2.45) is 5.92 Å². The highest BCUT2D eigenvalue weighted by molar-refractivity contribution is 6.30. The van der Waals surface area contributed by atoms with Crippen molar-refractivity contribution in [3.8, 4) is 0 Å². The highest BCUT2D eigenvalue weighted by Gasteiger charge is 2.35. The van der Waals surface area contributed by atoms with Crippen LogP contribution in [0.2, 0.25) is 5.02 Å². The van der Waals surface area contributed by atoms with E-state index in [1.54, 1.807) is 24.3 Å². The zero-order chi connectivity index (χ0) is 20.5. The quantitative estimate of drug-likeness (QED) is 0.714. The summed E-state index contributed by atoms with van der Waals surface area (Å²) in [6.45, 7) is 3.78. The summed E-state index contributed by atoms with van der Waals surface area (Å²) < 4.78 is 0. The third-order valence-electron chi connectivity index (χ3n) is 5.45. The number of fused-ring (bicyclic) bond motifs is 1. The fourth-order valence-corrected chi connectivity index (χ4v) is 3.84. The van der Waals surface area contributed by atoms with Gasteiger partial charge in [0.05, 0.1) is 11.5 Å². The van der Waals surface area contributed by atoms with Crippen LogP contribution in [0.1, 0.15) is 37.7 Å². The van der Waals surface area contributed by atoms with Crippen molar-refractivity contribution in [1.82, 2.24) is 9.97 Å². The minimum Gasteiger partial charge on any atom is -0.342 e. The number of hydrogen-bond donors (Lipinski definition) is 3. The Labute approximate surface area is 172 Å². The van der Waals surface area contributed by atoms with Crippen LogP contribution in [0.3, 0.4) is 0 Å². The molecule has 0 spiro atoms. The molecule has 2 aliphatic heterocycles. The van der Waals surface area contributed by atoms with Crippen LogP contribution >= 0.6 is 11.6 Å². The molecule has 2 aliphatic rings. The first-order chi connectivity index (χ1) is 13.9.